The first-order valence-corrected chi connectivity index (χ1v) is 4.54. The Bertz CT molecular complexity index is 370. The number of hydrogen-bond acceptors (Lipinski definition) is 1. The predicted octanol–water partition coefficient (Wildman–Crippen LogP) is 2.94. The smallest absolute Gasteiger partial charge is 0.197 e. The maximum absolute atomic E-state index is 13.1. The van der Waals surface area contributed by atoms with Gasteiger partial charge in [0.05, 0.1) is 0 Å². The molecule has 1 nitrogen and oxygen atoms in total. The first-order valence-electron chi connectivity index (χ1n) is 4.54. The fourth-order valence-corrected chi connectivity index (χ4v) is 1.20. The second-order valence-electron chi connectivity index (χ2n) is 3.33. The normalized spacial score (nSPS) is 12.1. The van der Waals surface area contributed by atoms with Crippen LogP contribution in [-0.2, 0) is 6.42 Å². The second-order valence-corrected chi connectivity index (χ2v) is 3.33. The number of halogens is 5. The third-order valence-electron chi connectivity index (χ3n) is 2.18. The van der Waals surface area contributed by atoms with Crippen LogP contribution < -0.4 is 5.73 Å². The second kappa shape index (κ2) is 6.06. The molecule has 1 unspecified atom stereocenters. The molecule has 0 aromatic heterocycles. The van der Waals surface area contributed by atoms with Crippen LogP contribution in [0.1, 0.15) is 18.9 Å². The van der Waals surface area contributed by atoms with Crippen LogP contribution in [0, 0.1) is 23.3 Å². The molecular weight excluding hydrogens is 246 g/mol. The zero-order valence-electron chi connectivity index (χ0n) is 8.57. The average molecular weight is 258 g/mol. The molecule has 16 heavy (non-hydrogen) atoms. The lowest BCUT2D eigenvalue weighted by Gasteiger charge is -2.10. The van der Waals surface area contributed by atoms with E-state index in [1.807, 2.05) is 0 Å². The fraction of sp³-hybridized carbons (Fsp3) is 0.400. The molecule has 1 aromatic carbocycles. The van der Waals surface area contributed by atoms with E-state index >= 15 is 0 Å². The average Bonchev–Trinajstić information content (AvgIpc) is 2.22. The minimum absolute atomic E-state index is 0. The first kappa shape index (κ1) is 15.2. The van der Waals surface area contributed by atoms with Gasteiger partial charge in [0.1, 0.15) is 0 Å². The zero-order chi connectivity index (χ0) is 11.6. The molecule has 0 aliphatic rings. The Labute approximate surface area is 97.0 Å². The summed E-state index contributed by atoms with van der Waals surface area (Å²) in [5.74, 6) is -6.33. The number of rotatable bonds is 3. The molecule has 0 saturated heterocycles. The van der Waals surface area contributed by atoms with E-state index in [1.54, 1.807) is 6.92 Å². The van der Waals surface area contributed by atoms with Gasteiger partial charge in [-0.1, -0.05) is 6.92 Å². The summed E-state index contributed by atoms with van der Waals surface area (Å²) in [4.78, 5) is 0. The van der Waals surface area contributed by atoms with Crippen LogP contribution in [0.4, 0.5) is 17.6 Å². The van der Waals surface area contributed by atoms with Crippen LogP contribution >= 0.6 is 12.4 Å². The third kappa shape index (κ3) is 3.09. The van der Waals surface area contributed by atoms with Crippen LogP contribution in [0.15, 0.2) is 6.07 Å². The summed E-state index contributed by atoms with van der Waals surface area (Å²) in [5, 5.41) is 0. The summed E-state index contributed by atoms with van der Waals surface area (Å²) in [5.41, 5.74) is 5.27. The van der Waals surface area contributed by atoms with E-state index in [4.69, 9.17) is 5.73 Å². The molecule has 1 aromatic rings. The van der Waals surface area contributed by atoms with Crippen molar-refractivity contribution in [2.24, 2.45) is 5.73 Å². The van der Waals surface area contributed by atoms with Gasteiger partial charge in [0.25, 0.3) is 0 Å². The van der Waals surface area contributed by atoms with Gasteiger partial charge in [0, 0.05) is 6.04 Å². The maximum atomic E-state index is 13.1. The molecule has 0 amide bonds. The van der Waals surface area contributed by atoms with Crippen molar-refractivity contribution in [1.82, 2.24) is 0 Å². The topological polar surface area (TPSA) is 26.0 Å². The van der Waals surface area contributed by atoms with Crippen LogP contribution in [0.25, 0.3) is 0 Å². The number of hydrogen-bond donors (Lipinski definition) is 1. The summed E-state index contributed by atoms with van der Waals surface area (Å²) < 4.78 is 51.2. The lowest BCUT2D eigenvalue weighted by Crippen LogP contribution is -2.22. The summed E-state index contributed by atoms with van der Waals surface area (Å²) in [7, 11) is 0. The van der Waals surface area contributed by atoms with Crippen molar-refractivity contribution in [3.05, 3.63) is 34.9 Å². The molecule has 0 bridgehead atoms. The van der Waals surface area contributed by atoms with Gasteiger partial charge in [-0.3, -0.25) is 0 Å². The van der Waals surface area contributed by atoms with Gasteiger partial charge >= 0.3 is 0 Å². The fourth-order valence-electron chi connectivity index (χ4n) is 1.20. The summed E-state index contributed by atoms with van der Waals surface area (Å²) in [6.45, 7) is 1.76. The minimum atomic E-state index is -1.79. The summed E-state index contributed by atoms with van der Waals surface area (Å²) in [6, 6.07) is 0.243. The predicted molar refractivity (Wildman–Crippen MR) is 55.5 cm³/mol. The Balaban J connectivity index is 0.00000225. The maximum Gasteiger partial charge on any atom is 0.197 e. The Morgan fingerprint density at radius 1 is 1.12 bits per heavy atom. The van der Waals surface area contributed by atoms with E-state index in [1.165, 1.54) is 0 Å². The monoisotopic (exact) mass is 257 g/mol. The molecule has 1 atom stereocenters. The molecule has 6 heteroatoms. The van der Waals surface area contributed by atoms with E-state index in [9.17, 15) is 17.6 Å². The van der Waals surface area contributed by atoms with Gasteiger partial charge in [-0.2, -0.15) is 0 Å². The third-order valence-corrected chi connectivity index (χ3v) is 2.18. The highest BCUT2D eigenvalue weighted by atomic mass is 35.5. The molecule has 0 spiro atoms. The Morgan fingerprint density at radius 2 is 1.69 bits per heavy atom. The van der Waals surface area contributed by atoms with Crippen molar-refractivity contribution in [1.29, 1.82) is 0 Å². The van der Waals surface area contributed by atoms with E-state index in [0.29, 0.717) is 12.5 Å². The van der Waals surface area contributed by atoms with Gasteiger partial charge in [-0.25, -0.2) is 17.6 Å². The molecule has 0 aliphatic carbocycles. The quantitative estimate of drug-likeness (QED) is 0.503. The molecule has 92 valence electrons. The van der Waals surface area contributed by atoms with Crippen molar-refractivity contribution in [2.45, 2.75) is 25.8 Å². The van der Waals surface area contributed by atoms with Crippen LogP contribution in [0.2, 0.25) is 0 Å². The number of nitrogens with two attached hydrogens (primary N) is 1. The molecule has 0 saturated carbocycles. The van der Waals surface area contributed by atoms with Crippen molar-refractivity contribution >= 4 is 12.4 Å². The van der Waals surface area contributed by atoms with E-state index < -0.39 is 29.3 Å². The Hall–Kier alpha value is -0.810. The SMILES string of the molecule is CCC(N)Cc1cc(F)c(F)c(F)c1F.Cl. The molecule has 0 fully saturated rings. The van der Waals surface area contributed by atoms with Crippen LogP contribution in [0.3, 0.4) is 0 Å². The van der Waals surface area contributed by atoms with Crippen molar-refractivity contribution in [3.63, 3.8) is 0 Å². The highest BCUT2D eigenvalue weighted by Gasteiger charge is 2.19. The van der Waals surface area contributed by atoms with Gasteiger partial charge < -0.3 is 5.73 Å². The van der Waals surface area contributed by atoms with Gasteiger partial charge in [0.15, 0.2) is 23.3 Å². The summed E-state index contributed by atoms with van der Waals surface area (Å²) >= 11 is 0. The zero-order valence-corrected chi connectivity index (χ0v) is 9.38. The first-order chi connectivity index (χ1) is 6.97. The van der Waals surface area contributed by atoms with E-state index in [2.05, 4.69) is 0 Å². The van der Waals surface area contributed by atoms with Crippen molar-refractivity contribution in [2.75, 3.05) is 0 Å². The lowest BCUT2D eigenvalue weighted by molar-refractivity contribution is 0.401. The lowest BCUT2D eigenvalue weighted by atomic mass is 10.0. The largest absolute Gasteiger partial charge is 0.327 e. The van der Waals surface area contributed by atoms with Crippen molar-refractivity contribution in [3.8, 4) is 0 Å². The van der Waals surface area contributed by atoms with Gasteiger partial charge in [0.2, 0.25) is 0 Å². The minimum Gasteiger partial charge on any atom is -0.327 e. The van der Waals surface area contributed by atoms with Crippen LogP contribution in [-0.4, -0.2) is 6.04 Å². The highest BCUT2D eigenvalue weighted by Crippen LogP contribution is 2.19. The molecule has 2 N–H and O–H groups in total. The molecular formula is C10H12ClF4N. The standard InChI is InChI=1S/C10H11F4N.ClH/c1-2-6(15)3-5-4-7(11)9(13)10(14)8(5)12;/h4,6H,2-3,15H2,1H3;1H. The number of benzene rings is 1. The van der Waals surface area contributed by atoms with E-state index in [-0.39, 0.29) is 24.4 Å². The molecule has 0 heterocycles. The van der Waals surface area contributed by atoms with E-state index in [0.717, 1.165) is 0 Å². The molecule has 0 aliphatic heterocycles. The van der Waals surface area contributed by atoms with Crippen molar-refractivity contribution < 1.29 is 17.6 Å². The molecule has 0 radical (unpaired) electrons. The highest BCUT2D eigenvalue weighted by molar-refractivity contribution is 5.85. The molecule has 1 rings (SSSR count). The summed E-state index contributed by atoms with van der Waals surface area (Å²) in [6.07, 6.45) is 0.524. The van der Waals surface area contributed by atoms with Gasteiger partial charge in [-0.05, 0) is 24.5 Å². The Kier molecular flexibility index (Phi) is 5.75. The Morgan fingerprint density at radius 3 is 2.19 bits per heavy atom. The van der Waals surface area contributed by atoms with Crippen LogP contribution in [0.5, 0.6) is 0 Å². The van der Waals surface area contributed by atoms with Gasteiger partial charge in [-0.15, -0.1) is 12.4 Å².